The van der Waals surface area contributed by atoms with Gasteiger partial charge in [-0.3, -0.25) is 4.57 Å². The Hall–Kier alpha value is -2.49. The van der Waals surface area contributed by atoms with E-state index in [2.05, 4.69) is 48.5 Å². The van der Waals surface area contributed by atoms with Crippen molar-refractivity contribution in [1.82, 2.24) is 9.55 Å². The summed E-state index contributed by atoms with van der Waals surface area (Å²) < 4.78 is 13.9. The van der Waals surface area contributed by atoms with Gasteiger partial charge in [0, 0.05) is 0 Å². The van der Waals surface area contributed by atoms with Gasteiger partial charge in [0.2, 0.25) is 0 Å². The second kappa shape index (κ2) is 5.55. The zero-order chi connectivity index (χ0) is 16.7. The third-order valence-corrected chi connectivity index (χ3v) is 4.43. The molecule has 0 amide bonds. The summed E-state index contributed by atoms with van der Waals surface area (Å²) in [6.45, 7) is 7.92. The van der Waals surface area contributed by atoms with Crippen LogP contribution in [0.2, 0.25) is 0 Å². The normalized spacial score (nSPS) is 16.9. The summed E-state index contributed by atoms with van der Waals surface area (Å²) in [6.07, 6.45) is -0.000557. The first-order chi connectivity index (χ1) is 11.5. The standard InChI is InChI=1S/C20H22N2O2/c1-20(2,3)14-8-10-15(11-9-14)23-13-16-12-22-18-7-5-4-6-17(18)21-19(22)24-16/h4-11,16H,12-13H2,1-3H3/t16-/m0/s1. The zero-order valence-corrected chi connectivity index (χ0v) is 14.3. The Morgan fingerprint density at radius 3 is 2.62 bits per heavy atom. The molecule has 0 aliphatic carbocycles. The van der Waals surface area contributed by atoms with Crippen LogP contribution in [0.15, 0.2) is 48.5 Å². The SMILES string of the molecule is CC(C)(C)c1ccc(OC[C@@H]2Cn3c(nc4ccccc43)O2)cc1. The summed E-state index contributed by atoms with van der Waals surface area (Å²) in [6, 6.07) is 17.1. The van der Waals surface area contributed by atoms with E-state index in [9.17, 15) is 0 Å². The minimum atomic E-state index is -0.000557. The van der Waals surface area contributed by atoms with Crippen molar-refractivity contribution < 1.29 is 9.47 Å². The van der Waals surface area contributed by atoms with Gasteiger partial charge in [-0.25, -0.2) is 0 Å². The highest BCUT2D eigenvalue weighted by atomic mass is 16.6. The third kappa shape index (κ3) is 2.73. The van der Waals surface area contributed by atoms with Crippen molar-refractivity contribution in [3.05, 3.63) is 54.1 Å². The summed E-state index contributed by atoms with van der Waals surface area (Å²) in [7, 11) is 0. The molecular weight excluding hydrogens is 300 g/mol. The molecular formula is C20H22N2O2. The molecule has 0 N–H and O–H groups in total. The van der Waals surface area contributed by atoms with Crippen LogP contribution in [0.4, 0.5) is 0 Å². The van der Waals surface area contributed by atoms with Crippen LogP contribution in [-0.2, 0) is 12.0 Å². The summed E-state index contributed by atoms with van der Waals surface area (Å²) in [5, 5.41) is 0. The summed E-state index contributed by atoms with van der Waals surface area (Å²) in [5.74, 6) is 0.876. The topological polar surface area (TPSA) is 36.3 Å². The van der Waals surface area contributed by atoms with E-state index in [1.54, 1.807) is 0 Å². The fraction of sp³-hybridized carbons (Fsp3) is 0.350. The number of fused-ring (bicyclic) bond motifs is 3. The lowest BCUT2D eigenvalue weighted by molar-refractivity contribution is 0.144. The predicted octanol–water partition coefficient (Wildman–Crippen LogP) is 4.17. The van der Waals surface area contributed by atoms with Crippen molar-refractivity contribution in [2.24, 2.45) is 0 Å². The third-order valence-electron chi connectivity index (χ3n) is 4.43. The van der Waals surface area contributed by atoms with E-state index in [0.29, 0.717) is 12.6 Å². The Kier molecular flexibility index (Phi) is 3.48. The Labute approximate surface area is 142 Å². The van der Waals surface area contributed by atoms with Crippen LogP contribution >= 0.6 is 0 Å². The number of imidazole rings is 1. The molecule has 0 saturated heterocycles. The average Bonchev–Trinajstić information content (AvgIpc) is 3.10. The van der Waals surface area contributed by atoms with Crippen molar-refractivity contribution in [2.75, 3.05) is 6.61 Å². The van der Waals surface area contributed by atoms with Crippen LogP contribution in [0.3, 0.4) is 0 Å². The predicted molar refractivity (Wildman–Crippen MR) is 94.8 cm³/mol. The minimum absolute atomic E-state index is 0.000557. The van der Waals surface area contributed by atoms with Crippen molar-refractivity contribution in [2.45, 2.75) is 38.8 Å². The Balaban J connectivity index is 1.40. The number of hydrogen-bond acceptors (Lipinski definition) is 3. The molecule has 0 unspecified atom stereocenters. The molecule has 3 aromatic rings. The van der Waals surface area contributed by atoms with Gasteiger partial charge >= 0.3 is 0 Å². The van der Waals surface area contributed by atoms with Crippen molar-refractivity contribution in [3.63, 3.8) is 0 Å². The van der Waals surface area contributed by atoms with Crippen LogP contribution < -0.4 is 9.47 Å². The van der Waals surface area contributed by atoms with Gasteiger partial charge in [-0.1, -0.05) is 45.0 Å². The monoisotopic (exact) mass is 322 g/mol. The van der Waals surface area contributed by atoms with Crippen LogP contribution in [-0.4, -0.2) is 22.3 Å². The number of para-hydroxylation sites is 2. The van der Waals surface area contributed by atoms with E-state index < -0.39 is 0 Å². The lowest BCUT2D eigenvalue weighted by atomic mass is 9.87. The second-order valence-electron chi connectivity index (χ2n) is 7.32. The largest absolute Gasteiger partial charge is 0.490 e. The Morgan fingerprint density at radius 1 is 1.12 bits per heavy atom. The lowest BCUT2D eigenvalue weighted by Crippen LogP contribution is -2.23. The van der Waals surface area contributed by atoms with Gasteiger partial charge in [0.1, 0.15) is 12.4 Å². The first-order valence-electron chi connectivity index (χ1n) is 8.36. The number of aromatic nitrogens is 2. The lowest BCUT2D eigenvalue weighted by Gasteiger charge is -2.19. The molecule has 1 aliphatic rings. The van der Waals surface area contributed by atoms with Gasteiger partial charge < -0.3 is 9.47 Å². The van der Waals surface area contributed by atoms with E-state index in [4.69, 9.17) is 9.47 Å². The maximum atomic E-state index is 5.92. The van der Waals surface area contributed by atoms with Crippen LogP contribution in [0, 0.1) is 0 Å². The summed E-state index contributed by atoms with van der Waals surface area (Å²) >= 11 is 0. The molecule has 1 aromatic heterocycles. The average molecular weight is 322 g/mol. The molecule has 0 fully saturated rings. The second-order valence-corrected chi connectivity index (χ2v) is 7.32. The number of nitrogens with zero attached hydrogens (tertiary/aromatic N) is 2. The molecule has 24 heavy (non-hydrogen) atoms. The van der Waals surface area contributed by atoms with E-state index in [0.717, 1.165) is 23.3 Å². The number of ether oxygens (including phenoxy) is 2. The Bertz CT molecular complexity index is 859. The maximum absolute atomic E-state index is 5.92. The van der Waals surface area contributed by atoms with Crippen molar-refractivity contribution in [3.8, 4) is 11.8 Å². The minimum Gasteiger partial charge on any atom is -0.490 e. The van der Waals surface area contributed by atoms with Crippen LogP contribution in [0.25, 0.3) is 11.0 Å². The maximum Gasteiger partial charge on any atom is 0.297 e. The van der Waals surface area contributed by atoms with Crippen LogP contribution in [0.1, 0.15) is 26.3 Å². The molecule has 0 bridgehead atoms. The van der Waals surface area contributed by atoms with E-state index in [1.807, 2.05) is 30.3 Å². The smallest absolute Gasteiger partial charge is 0.297 e. The highest BCUT2D eigenvalue weighted by Crippen LogP contribution is 2.28. The molecule has 2 heterocycles. The zero-order valence-electron chi connectivity index (χ0n) is 14.3. The highest BCUT2D eigenvalue weighted by Gasteiger charge is 2.26. The van der Waals surface area contributed by atoms with Crippen molar-refractivity contribution >= 4 is 11.0 Å². The quantitative estimate of drug-likeness (QED) is 0.726. The number of rotatable bonds is 3. The van der Waals surface area contributed by atoms with Gasteiger partial charge in [-0.05, 0) is 35.2 Å². The first kappa shape index (κ1) is 15.1. The van der Waals surface area contributed by atoms with Gasteiger partial charge in [0.15, 0.2) is 6.10 Å². The molecule has 4 nitrogen and oxygen atoms in total. The van der Waals surface area contributed by atoms with E-state index >= 15 is 0 Å². The molecule has 4 rings (SSSR count). The molecule has 4 heteroatoms. The molecule has 0 radical (unpaired) electrons. The molecule has 2 aromatic carbocycles. The molecule has 124 valence electrons. The van der Waals surface area contributed by atoms with Gasteiger partial charge in [-0.15, -0.1) is 0 Å². The van der Waals surface area contributed by atoms with Crippen LogP contribution in [0.5, 0.6) is 11.8 Å². The molecule has 0 spiro atoms. The number of hydrogen-bond donors (Lipinski definition) is 0. The Morgan fingerprint density at radius 2 is 1.88 bits per heavy atom. The molecule has 0 saturated carbocycles. The van der Waals surface area contributed by atoms with E-state index in [1.165, 1.54) is 5.56 Å². The summed E-state index contributed by atoms with van der Waals surface area (Å²) in [5.41, 5.74) is 3.55. The molecule has 1 aliphatic heterocycles. The van der Waals surface area contributed by atoms with E-state index in [-0.39, 0.29) is 11.5 Å². The first-order valence-corrected chi connectivity index (χ1v) is 8.36. The highest BCUT2D eigenvalue weighted by molar-refractivity contribution is 5.76. The molecule has 1 atom stereocenters. The van der Waals surface area contributed by atoms with Gasteiger partial charge in [0.25, 0.3) is 6.01 Å². The van der Waals surface area contributed by atoms with Gasteiger partial charge in [-0.2, -0.15) is 4.98 Å². The number of benzene rings is 2. The van der Waals surface area contributed by atoms with Gasteiger partial charge in [0.05, 0.1) is 17.6 Å². The fourth-order valence-corrected chi connectivity index (χ4v) is 3.04. The fourth-order valence-electron chi connectivity index (χ4n) is 3.04. The summed E-state index contributed by atoms with van der Waals surface area (Å²) in [4.78, 5) is 4.52. The van der Waals surface area contributed by atoms with Crippen molar-refractivity contribution in [1.29, 1.82) is 0 Å².